The summed E-state index contributed by atoms with van der Waals surface area (Å²) in [6.07, 6.45) is 6.91. The van der Waals surface area contributed by atoms with Crippen molar-refractivity contribution in [3.05, 3.63) is 35.9 Å². The maximum absolute atomic E-state index is 4.53. The van der Waals surface area contributed by atoms with Crippen molar-refractivity contribution in [2.45, 2.75) is 32.6 Å². The molecule has 2 aromatic rings. The Morgan fingerprint density at radius 2 is 2.12 bits per heavy atom. The highest BCUT2D eigenvalue weighted by molar-refractivity contribution is 5.90. The second-order valence-electron chi connectivity index (χ2n) is 5.29. The lowest BCUT2D eigenvalue weighted by Crippen LogP contribution is -2.28. The van der Waals surface area contributed by atoms with Crippen LogP contribution in [0.25, 0.3) is 10.8 Å². The molecule has 2 nitrogen and oxygen atoms in total. The Hall–Kier alpha value is -1.44. The van der Waals surface area contributed by atoms with E-state index >= 15 is 0 Å². The number of hydrogen-bond donors (Lipinski definition) is 0. The Kier molecular flexibility index (Phi) is 1.85. The normalized spacial score (nSPS) is 23.2. The van der Waals surface area contributed by atoms with Crippen LogP contribution < -0.4 is 0 Å². The van der Waals surface area contributed by atoms with E-state index in [9.17, 15) is 0 Å². The van der Waals surface area contributed by atoms with Crippen LogP contribution >= 0.6 is 0 Å². The van der Waals surface area contributed by atoms with Crippen molar-refractivity contribution in [3.8, 4) is 0 Å². The molecule has 2 heteroatoms. The van der Waals surface area contributed by atoms with Gasteiger partial charge in [-0.3, -0.25) is 9.97 Å². The fourth-order valence-corrected chi connectivity index (χ4v) is 2.72. The Bertz CT molecular complexity index is 554. The molecule has 0 radical (unpaired) electrons. The SMILES string of the molecule is CC(C)C1(C)Cc2nccc3cncc1c23. The van der Waals surface area contributed by atoms with E-state index in [1.807, 2.05) is 18.6 Å². The highest BCUT2D eigenvalue weighted by Crippen LogP contribution is 2.45. The van der Waals surface area contributed by atoms with Crippen molar-refractivity contribution in [3.63, 3.8) is 0 Å². The van der Waals surface area contributed by atoms with Gasteiger partial charge >= 0.3 is 0 Å². The molecule has 3 rings (SSSR count). The van der Waals surface area contributed by atoms with Crippen molar-refractivity contribution in [2.75, 3.05) is 0 Å². The third-order valence-corrected chi connectivity index (χ3v) is 4.17. The zero-order valence-corrected chi connectivity index (χ0v) is 9.99. The summed E-state index contributed by atoms with van der Waals surface area (Å²) >= 11 is 0. The summed E-state index contributed by atoms with van der Waals surface area (Å²) in [5.74, 6) is 0.606. The van der Waals surface area contributed by atoms with Crippen LogP contribution in [0.4, 0.5) is 0 Å². The average molecular weight is 212 g/mol. The minimum Gasteiger partial charge on any atom is -0.264 e. The van der Waals surface area contributed by atoms with Crippen molar-refractivity contribution >= 4 is 10.8 Å². The Morgan fingerprint density at radius 1 is 1.31 bits per heavy atom. The molecule has 1 aliphatic carbocycles. The van der Waals surface area contributed by atoms with Crippen molar-refractivity contribution < 1.29 is 0 Å². The zero-order chi connectivity index (χ0) is 11.3. The van der Waals surface area contributed by atoms with Crippen LogP contribution in [0.5, 0.6) is 0 Å². The molecule has 0 fully saturated rings. The van der Waals surface area contributed by atoms with Gasteiger partial charge < -0.3 is 0 Å². The van der Waals surface area contributed by atoms with Gasteiger partial charge in [-0.05, 0) is 17.5 Å². The van der Waals surface area contributed by atoms with Crippen LogP contribution in [0.3, 0.4) is 0 Å². The van der Waals surface area contributed by atoms with E-state index in [2.05, 4.69) is 36.8 Å². The Balaban J connectivity index is 2.37. The first-order valence-electron chi connectivity index (χ1n) is 5.85. The fraction of sp³-hybridized carbons (Fsp3) is 0.429. The maximum atomic E-state index is 4.53. The molecule has 0 aliphatic heterocycles. The molecule has 16 heavy (non-hydrogen) atoms. The lowest BCUT2D eigenvalue weighted by atomic mass is 9.74. The third-order valence-electron chi connectivity index (χ3n) is 4.17. The van der Waals surface area contributed by atoms with Gasteiger partial charge in [0, 0.05) is 46.9 Å². The summed E-state index contributed by atoms with van der Waals surface area (Å²) in [6.45, 7) is 6.89. The van der Waals surface area contributed by atoms with Crippen LogP contribution in [-0.4, -0.2) is 9.97 Å². The topological polar surface area (TPSA) is 25.8 Å². The second kappa shape index (κ2) is 3.03. The molecular formula is C14H16N2. The average Bonchev–Trinajstić information content (AvgIpc) is 2.57. The number of pyridine rings is 2. The van der Waals surface area contributed by atoms with Gasteiger partial charge in [0.2, 0.25) is 0 Å². The molecule has 82 valence electrons. The molecule has 2 heterocycles. The molecule has 0 N–H and O–H groups in total. The van der Waals surface area contributed by atoms with Crippen LogP contribution in [-0.2, 0) is 11.8 Å². The van der Waals surface area contributed by atoms with Crippen LogP contribution in [0.2, 0.25) is 0 Å². The predicted molar refractivity (Wildman–Crippen MR) is 65.4 cm³/mol. The predicted octanol–water partition coefficient (Wildman–Crippen LogP) is 3.10. The highest BCUT2D eigenvalue weighted by Gasteiger charge is 2.38. The molecule has 0 saturated carbocycles. The smallest absolute Gasteiger partial charge is 0.0494 e. The summed E-state index contributed by atoms with van der Waals surface area (Å²) in [4.78, 5) is 8.89. The summed E-state index contributed by atoms with van der Waals surface area (Å²) < 4.78 is 0. The maximum Gasteiger partial charge on any atom is 0.0494 e. The van der Waals surface area contributed by atoms with E-state index in [1.54, 1.807) is 0 Å². The first-order valence-corrected chi connectivity index (χ1v) is 5.85. The van der Waals surface area contributed by atoms with Crippen molar-refractivity contribution in [1.82, 2.24) is 9.97 Å². The van der Waals surface area contributed by atoms with Gasteiger partial charge in [0.1, 0.15) is 0 Å². The van der Waals surface area contributed by atoms with Crippen LogP contribution in [0.15, 0.2) is 24.7 Å². The number of nitrogens with zero attached hydrogens (tertiary/aromatic N) is 2. The van der Waals surface area contributed by atoms with E-state index < -0.39 is 0 Å². The van der Waals surface area contributed by atoms with Crippen LogP contribution in [0.1, 0.15) is 32.0 Å². The molecule has 1 unspecified atom stereocenters. The van der Waals surface area contributed by atoms with E-state index in [-0.39, 0.29) is 5.41 Å². The fourth-order valence-electron chi connectivity index (χ4n) is 2.72. The minimum atomic E-state index is 0.198. The number of aromatic nitrogens is 2. The van der Waals surface area contributed by atoms with Gasteiger partial charge in [-0.25, -0.2) is 0 Å². The lowest BCUT2D eigenvalue weighted by Gasteiger charge is -2.29. The Labute approximate surface area is 95.7 Å². The molecule has 2 aromatic heterocycles. The minimum absolute atomic E-state index is 0.198. The van der Waals surface area contributed by atoms with Crippen molar-refractivity contribution in [1.29, 1.82) is 0 Å². The Morgan fingerprint density at radius 3 is 2.88 bits per heavy atom. The van der Waals surface area contributed by atoms with E-state index in [4.69, 9.17) is 0 Å². The molecular weight excluding hydrogens is 196 g/mol. The summed E-state index contributed by atoms with van der Waals surface area (Å²) in [6, 6.07) is 2.06. The van der Waals surface area contributed by atoms with Gasteiger partial charge in [-0.15, -0.1) is 0 Å². The zero-order valence-electron chi connectivity index (χ0n) is 9.99. The molecule has 1 aliphatic rings. The number of rotatable bonds is 1. The standard InChI is InChI=1S/C14H16N2/c1-9(2)14(3)6-12-13-10(4-5-16-12)7-15-8-11(13)14/h4-5,7-9H,6H2,1-3H3. The van der Waals surface area contributed by atoms with Gasteiger partial charge in [0.25, 0.3) is 0 Å². The molecule has 0 amide bonds. The summed E-state index contributed by atoms with van der Waals surface area (Å²) in [7, 11) is 0. The molecule has 0 aromatic carbocycles. The molecule has 0 spiro atoms. The monoisotopic (exact) mass is 212 g/mol. The number of hydrogen-bond acceptors (Lipinski definition) is 2. The van der Waals surface area contributed by atoms with E-state index in [1.165, 1.54) is 22.0 Å². The summed E-state index contributed by atoms with van der Waals surface area (Å²) in [5, 5.41) is 2.57. The van der Waals surface area contributed by atoms with Gasteiger partial charge in [0.15, 0.2) is 0 Å². The van der Waals surface area contributed by atoms with Gasteiger partial charge in [-0.1, -0.05) is 20.8 Å². The second-order valence-corrected chi connectivity index (χ2v) is 5.29. The van der Waals surface area contributed by atoms with Crippen LogP contribution in [0, 0.1) is 5.92 Å². The quantitative estimate of drug-likeness (QED) is 0.726. The third kappa shape index (κ3) is 1.07. The molecule has 0 bridgehead atoms. The van der Waals surface area contributed by atoms with E-state index in [0.717, 1.165) is 6.42 Å². The van der Waals surface area contributed by atoms with Gasteiger partial charge in [0.05, 0.1) is 0 Å². The first-order chi connectivity index (χ1) is 7.63. The molecule has 0 saturated heterocycles. The lowest BCUT2D eigenvalue weighted by molar-refractivity contribution is 0.345. The summed E-state index contributed by atoms with van der Waals surface area (Å²) in [5.41, 5.74) is 2.82. The first kappa shape index (κ1) is 9.76. The van der Waals surface area contributed by atoms with E-state index in [0.29, 0.717) is 5.92 Å². The molecule has 1 atom stereocenters. The van der Waals surface area contributed by atoms with Crippen molar-refractivity contribution in [2.24, 2.45) is 5.92 Å². The van der Waals surface area contributed by atoms with Gasteiger partial charge in [-0.2, -0.15) is 0 Å². The largest absolute Gasteiger partial charge is 0.264 e. The highest BCUT2D eigenvalue weighted by atomic mass is 14.7.